The summed E-state index contributed by atoms with van der Waals surface area (Å²) in [5.74, 6) is -0.551. The van der Waals surface area contributed by atoms with Gasteiger partial charge in [-0.1, -0.05) is 36.4 Å². The van der Waals surface area contributed by atoms with Crippen LogP contribution in [0.4, 0.5) is 4.39 Å². The molecular weight excluding hydrogens is 327 g/mol. The number of sulfonamides is 1. The normalized spacial score (nSPS) is 12.5. The second-order valence-corrected chi connectivity index (χ2v) is 6.47. The van der Waals surface area contributed by atoms with Crippen LogP contribution in [-0.2, 0) is 10.0 Å². The van der Waals surface area contributed by atoms with Crippen LogP contribution >= 0.6 is 12.4 Å². The van der Waals surface area contributed by atoms with E-state index < -0.39 is 21.9 Å². The summed E-state index contributed by atoms with van der Waals surface area (Å²) in [6, 6.07) is 12.7. The molecule has 0 aliphatic carbocycles. The van der Waals surface area contributed by atoms with Crippen molar-refractivity contribution in [1.82, 2.24) is 4.72 Å². The van der Waals surface area contributed by atoms with Gasteiger partial charge in [-0.15, -0.1) is 12.4 Å². The zero-order valence-electron chi connectivity index (χ0n) is 12.0. The van der Waals surface area contributed by atoms with Gasteiger partial charge in [0.05, 0.1) is 4.90 Å². The second kappa shape index (κ2) is 7.69. The van der Waals surface area contributed by atoms with Crippen molar-refractivity contribution < 1.29 is 12.8 Å². The molecule has 0 saturated heterocycles. The molecule has 1 atom stereocenters. The number of benzene rings is 2. The average Bonchev–Trinajstić information content (AvgIpc) is 2.48. The third kappa shape index (κ3) is 4.27. The Labute approximate surface area is 136 Å². The lowest BCUT2D eigenvalue weighted by atomic mass is 10.1. The minimum Gasteiger partial charge on any atom is -0.323 e. The standard InChI is InChI=1S/C15H17FN2O2S.ClH/c1-11-13(16)8-5-9-15(11)21(19,20)18-10-14(17)12-6-3-2-4-7-12;/h2-9,14,18H,10,17H2,1H3;1H. The zero-order chi connectivity index (χ0) is 15.5. The van der Waals surface area contributed by atoms with E-state index in [-0.39, 0.29) is 29.4 Å². The summed E-state index contributed by atoms with van der Waals surface area (Å²) in [7, 11) is -3.79. The molecule has 7 heteroatoms. The Hall–Kier alpha value is -1.47. The number of halogens is 2. The first-order valence-corrected chi connectivity index (χ1v) is 7.95. The molecule has 0 spiro atoms. The minimum absolute atomic E-state index is 0. The molecule has 0 aromatic heterocycles. The Morgan fingerprint density at radius 2 is 1.77 bits per heavy atom. The molecule has 2 rings (SSSR count). The highest BCUT2D eigenvalue weighted by Gasteiger charge is 2.19. The lowest BCUT2D eigenvalue weighted by Gasteiger charge is -2.14. The van der Waals surface area contributed by atoms with Crippen LogP contribution in [0.1, 0.15) is 17.2 Å². The van der Waals surface area contributed by atoms with Crippen LogP contribution in [0, 0.1) is 12.7 Å². The molecule has 3 N–H and O–H groups in total. The van der Waals surface area contributed by atoms with E-state index in [0.717, 1.165) is 5.56 Å². The van der Waals surface area contributed by atoms with Gasteiger partial charge in [-0.3, -0.25) is 0 Å². The monoisotopic (exact) mass is 344 g/mol. The highest BCUT2D eigenvalue weighted by molar-refractivity contribution is 7.89. The number of hydrogen-bond donors (Lipinski definition) is 2. The third-order valence-corrected chi connectivity index (χ3v) is 4.80. The molecule has 120 valence electrons. The van der Waals surface area contributed by atoms with Crippen molar-refractivity contribution in [3.8, 4) is 0 Å². The van der Waals surface area contributed by atoms with Crippen LogP contribution < -0.4 is 10.5 Å². The molecule has 0 saturated carbocycles. The Morgan fingerprint density at radius 3 is 2.41 bits per heavy atom. The van der Waals surface area contributed by atoms with Crippen molar-refractivity contribution in [3.05, 3.63) is 65.5 Å². The number of nitrogens with one attached hydrogen (secondary N) is 1. The fourth-order valence-electron chi connectivity index (χ4n) is 1.97. The molecule has 1 unspecified atom stereocenters. The molecule has 4 nitrogen and oxygen atoms in total. The van der Waals surface area contributed by atoms with E-state index in [0.29, 0.717) is 0 Å². The zero-order valence-corrected chi connectivity index (χ0v) is 13.6. The predicted octanol–water partition coefficient (Wildman–Crippen LogP) is 2.53. The van der Waals surface area contributed by atoms with Crippen LogP contribution in [0.5, 0.6) is 0 Å². The summed E-state index contributed by atoms with van der Waals surface area (Å²) in [5, 5.41) is 0. The fourth-order valence-corrected chi connectivity index (χ4v) is 3.29. The highest BCUT2D eigenvalue weighted by Crippen LogP contribution is 2.18. The van der Waals surface area contributed by atoms with Crippen LogP contribution in [0.2, 0.25) is 0 Å². The SMILES string of the molecule is Cc1c(F)cccc1S(=O)(=O)NCC(N)c1ccccc1.Cl. The molecule has 0 fully saturated rings. The van der Waals surface area contributed by atoms with Crippen molar-refractivity contribution in [1.29, 1.82) is 0 Å². The maximum absolute atomic E-state index is 13.5. The van der Waals surface area contributed by atoms with Gasteiger partial charge in [-0.25, -0.2) is 17.5 Å². The van der Waals surface area contributed by atoms with Gasteiger partial charge < -0.3 is 5.73 Å². The molecule has 0 aliphatic heterocycles. The van der Waals surface area contributed by atoms with E-state index in [1.54, 1.807) is 0 Å². The molecule has 0 heterocycles. The summed E-state index contributed by atoms with van der Waals surface area (Å²) in [5.41, 5.74) is 6.87. The quantitative estimate of drug-likeness (QED) is 0.875. The van der Waals surface area contributed by atoms with Gasteiger partial charge in [-0.2, -0.15) is 0 Å². The summed E-state index contributed by atoms with van der Waals surface area (Å²) >= 11 is 0. The number of rotatable bonds is 5. The van der Waals surface area contributed by atoms with Crippen LogP contribution in [0.15, 0.2) is 53.4 Å². The van der Waals surface area contributed by atoms with Gasteiger partial charge in [0.2, 0.25) is 10.0 Å². The third-order valence-electron chi connectivity index (χ3n) is 3.23. The predicted molar refractivity (Wildman–Crippen MR) is 86.9 cm³/mol. The first-order valence-electron chi connectivity index (χ1n) is 6.47. The molecule has 0 bridgehead atoms. The summed E-state index contributed by atoms with van der Waals surface area (Å²) in [6.07, 6.45) is 0. The van der Waals surface area contributed by atoms with Gasteiger partial charge in [0.1, 0.15) is 5.82 Å². The van der Waals surface area contributed by atoms with Gasteiger partial charge in [0.15, 0.2) is 0 Å². The van der Waals surface area contributed by atoms with Crippen molar-refractivity contribution in [2.45, 2.75) is 17.9 Å². The van der Waals surface area contributed by atoms with E-state index in [1.165, 1.54) is 25.1 Å². The first kappa shape index (κ1) is 18.6. The van der Waals surface area contributed by atoms with Crippen molar-refractivity contribution in [2.24, 2.45) is 5.73 Å². The maximum atomic E-state index is 13.5. The van der Waals surface area contributed by atoms with E-state index in [1.807, 2.05) is 30.3 Å². The lowest BCUT2D eigenvalue weighted by Crippen LogP contribution is -2.32. The van der Waals surface area contributed by atoms with Crippen molar-refractivity contribution >= 4 is 22.4 Å². The van der Waals surface area contributed by atoms with Gasteiger partial charge in [-0.05, 0) is 24.6 Å². The molecule has 0 radical (unpaired) electrons. The van der Waals surface area contributed by atoms with Crippen LogP contribution in [0.3, 0.4) is 0 Å². The highest BCUT2D eigenvalue weighted by atomic mass is 35.5. The van der Waals surface area contributed by atoms with Gasteiger partial charge in [0.25, 0.3) is 0 Å². The van der Waals surface area contributed by atoms with Crippen LogP contribution in [-0.4, -0.2) is 15.0 Å². The maximum Gasteiger partial charge on any atom is 0.240 e. The first-order chi connectivity index (χ1) is 9.92. The van der Waals surface area contributed by atoms with Gasteiger partial charge in [0, 0.05) is 18.2 Å². The van der Waals surface area contributed by atoms with E-state index >= 15 is 0 Å². The Morgan fingerprint density at radius 1 is 1.14 bits per heavy atom. The Balaban J connectivity index is 0.00000242. The fraction of sp³-hybridized carbons (Fsp3) is 0.200. The summed E-state index contributed by atoms with van der Waals surface area (Å²) < 4.78 is 40.3. The van der Waals surface area contributed by atoms with Crippen LogP contribution in [0.25, 0.3) is 0 Å². The molecule has 2 aromatic rings. The second-order valence-electron chi connectivity index (χ2n) is 4.73. The lowest BCUT2D eigenvalue weighted by molar-refractivity contribution is 0.567. The largest absolute Gasteiger partial charge is 0.323 e. The summed E-state index contributed by atoms with van der Waals surface area (Å²) in [4.78, 5) is -0.0669. The molecular formula is C15H18ClFN2O2S. The topological polar surface area (TPSA) is 72.2 Å². The Bertz CT molecular complexity index is 724. The minimum atomic E-state index is -3.79. The van der Waals surface area contributed by atoms with E-state index in [9.17, 15) is 12.8 Å². The summed E-state index contributed by atoms with van der Waals surface area (Å²) in [6.45, 7) is 1.48. The van der Waals surface area contributed by atoms with Gasteiger partial charge >= 0.3 is 0 Å². The molecule has 22 heavy (non-hydrogen) atoms. The van der Waals surface area contributed by atoms with E-state index in [4.69, 9.17) is 5.73 Å². The van der Waals surface area contributed by atoms with Crippen molar-refractivity contribution in [3.63, 3.8) is 0 Å². The molecule has 2 aromatic carbocycles. The molecule has 0 amide bonds. The Kier molecular flexibility index (Phi) is 6.49. The average molecular weight is 345 g/mol. The van der Waals surface area contributed by atoms with Crippen molar-refractivity contribution in [2.75, 3.05) is 6.54 Å². The smallest absolute Gasteiger partial charge is 0.240 e. The number of nitrogens with two attached hydrogens (primary N) is 1. The number of hydrogen-bond acceptors (Lipinski definition) is 3. The van der Waals surface area contributed by atoms with E-state index in [2.05, 4.69) is 4.72 Å². The molecule has 0 aliphatic rings.